The lowest BCUT2D eigenvalue weighted by atomic mass is 10.2. The number of hydrogen-bond acceptors (Lipinski definition) is 4. The zero-order chi connectivity index (χ0) is 9.59. The molecule has 2 rings (SSSR count). The number of nitrogens with zero attached hydrogens (tertiary/aromatic N) is 1. The fraction of sp³-hybridized carbons (Fsp3) is 0.333. The summed E-state index contributed by atoms with van der Waals surface area (Å²) in [6.07, 6.45) is 0. The van der Waals surface area contributed by atoms with Crippen LogP contribution in [0.3, 0.4) is 0 Å². The molecule has 0 saturated heterocycles. The van der Waals surface area contributed by atoms with Gasteiger partial charge in [0.1, 0.15) is 10.6 Å². The van der Waals surface area contributed by atoms with Gasteiger partial charge in [-0.15, -0.1) is 11.3 Å². The molecule has 0 aromatic carbocycles. The van der Waals surface area contributed by atoms with Crippen molar-refractivity contribution in [2.75, 3.05) is 5.73 Å². The maximum atomic E-state index is 5.82. The fourth-order valence-electron chi connectivity index (χ4n) is 1.30. The van der Waals surface area contributed by atoms with E-state index in [-0.39, 0.29) is 7.43 Å². The molecule has 2 heterocycles. The Morgan fingerprint density at radius 1 is 1.43 bits per heavy atom. The van der Waals surface area contributed by atoms with Crippen molar-refractivity contribution >= 4 is 39.6 Å². The highest BCUT2D eigenvalue weighted by atomic mass is 32.1. The first-order chi connectivity index (χ1) is 6.09. The highest BCUT2D eigenvalue weighted by molar-refractivity contribution is 7.71. The van der Waals surface area contributed by atoms with Gasteiger partial charge in [0.25, 0.3) is 0 Å². The second-order valence-corrected chi connectivity index (χ2v) is 4.51. The van der Waals surface area contributed by atoms with Gasteiger partial charge in [0, 0.05) is 4.88 Å². The zero-order valence-electron chi connectivity index (χ0n) is 7.34. The van der Waals surface area contributed by atoms with Crippen molar-refractivity contribution < 1.29 is 0 Å². The Kier molecular flexibility index (Phi) is 2.92. The third kappa shape index (κ3) is 1.53. The Morgan fingerprint density at radius 3 is 2.71 bits per heavy atom. The summed E-state index contributed by atoms with van der Waals surface area (Å²) in [5, 5.41) is 1.01. The van der Waals surface area contributed by atoms with Crippen LogP contribution in [0, 0.1) is 18.6 Å². The van der Waals surface area contributed by atoms with Crippen molar-refractivity contribution in [1.29, 1.82) is 0 Å². The second kappa shape index (κ2) is 3.67. The van der Waals surface area contributed by atoms with Gasteiger partial charge in [0.15, 0.2) is 4.77 Å². The second-order valence-electron chi connectivity index (χ2n) is 2.92. The average Bonchev–Trinajstić information content (AvgIpc) is 2.27. The average molecular weight is 227 g/mol. The lowest BCUT2D eigenvalue weighted by molar-refractivity contribution is 1.20. The number of nitrogen functional groups attached to an aromatic ring is 1. The molecule has 0 saturated carbocycles. The number of H-pyrrole nitrogens is 1. The monoisotopic (exact) mass is 227 g/mol. The molecular formula is C9H13N3S2. The van der Waals surface area contributed by atoms with E-state index in [4.69, 9.17) is 18.0 Å². The molecule has 0 fully saturated rings. The fourth-order valence-corrected chi connectivity index (χ4v) is 2.61. The minimum Gasteiger partial charge on any atom is -0.385 e. The Labute approximate surface area is 92.0 Å². The van der Waals surface area contributed by atoms with E-state index < -0.39 is 0 Å². The number of nitrogens with one attached hydrogen (secondary N) is 1. The Bertz CT molecular complexity index is 525. The Balaban J connectivity index is 0.000000980. The summed E-state index contributed by atoms with van der Waals surface area (Å²) < 4.78 is 0.450. The van der Waals surface area contributed by atoms with Gasteiger partial charge in [-0.3, -0.25) is 0 Å². The molecule has 5 heteroatoms. The molecule has 2 aromatic heterocycles. The summed E-state index contributed by atoms with van der Waals surface area (Å²) in [6, 6.07) is 0. The van der Waals surface area contributed by atoms with Crippen LogP contribution in [-0.2, 0) is 0 Å². The Hall–Kier alpha value is -0.940. The van der Waals surface area contributed by atoms with Gasteiger partial charge in [-0.1, -0.05) is 7.43 Å². The van der Waals surface area contributed by atoms with E-state index in [1.54, 1.807) is 11.3 Å². The summed E-state index contributed by atoms with van der Waals surface area (Å²) in [6.45, 7) is 4.10. The molecule has 0 aliphatic heterocycles. The van der Waals surface area contributed by atoms with Crippen LogP contribution in [0.5, 0.6) is 0 Å². The van der Waals surface area contributed by atoms with Gasteiger partial charge >= 0.3 is 0 Å². The molecule has 3 nitrogen and oxygen atoms in total. The van der Waals surface area contributed by atoms with Crippen LogP contribution in [0.25, 0.3) is 10.2 Å². The van der Waals surface area contributed by atoms with E-state index in [0.29, 0.717) is 10.6 Å². The number of nitrogens with two attached hydrogens (primary N) is 1. The number of anilines is 1. The van der Waals surface area contributed by atoms with Crippen molar-refractivity contribution in [2.24, 2.45) is 0 Å². The first-order valence-electron chi connectivity index (χ1n) is 3.85. The van der Waals surface area contributed by atoms with Crippen LogP contribution in [0.15, 0.2) is 0 Å². The first-order valence-corrected chi connectivity index (χ1v) is 5.07. The number of aryl methyl sites for hydroxylation is 2. The van der Waals surface area contributed by atoms with E-state index in [2.05, 4.69) is 16.9 Å². The summed E-state index contributed by atoms with van der Waals surface area (Å²) in [4.78, 5) is 9.24. The molecule has 0 aliphatic rings. The molecule has 0 amide bonds. The van der Waals surface area contributed by atoms with Crippen LogP contribution in [0.4, 0.5) is 5.82 Å². The predicted molar refractivity (Wildman–Crippen MR) is 65.4 cm³/mol. The lowest BCUT2D eigenvalue weighted by Crippen LogP contribution is -1.93. The number of rotatable bonds is 0. The smallest absolute Gasteiger partial charge is 0.199 e. The van der Waals surface area contributed by atoms with E-state index in [9.17, 15) is 0 Å². The highest BCUT2D eigenvalue weighted by Gasteiger charge is 2.09. The molecule has 2 aromatic rings. The number of fused-ring (bicyclic) bond motifs is 1. The van der Waals surface area contributed by atoms with Crippen LogP contribution >= 0.6 is 23.6 Å². The van der Waals surface area contributed by atoms with Gasteiger partial charge in [-0.05, 0) is 31.6 Å². The third-order valence-electron chi connectivity index (χ3n) is 2.08. The number of thiophene rings is 1. The van der Waals surface area contributed by atoms with Crippen LogP contribution < -0.4 is 5.73 Å². The minimum atomic E-state index is 0. The maximum absolute atomic E-state index is 5.82. The van der Waals surface area contributed by atoms with Crippen LogP contribution in [0.2, 0.25) is 0 Å². The molecule has 76 valence electrons. The van der Waals surface area contributed by atoms with Gasteiger partial charge in [-0.2, -0.15) is 0 Å². The standard InChI is InChI=1S/C8H9N3S2.CH4/c1-3-4(2)13-7-5(3)6(9)10-8(12)11-7;/h1-2H3,(H3,9,10,11,12);1H4. The molecule has 14 heavy (non-hydrogen) atoms. The summed E-state index contributed by atoms with van der Waals surface area (Å²) in [5.41, 5.74) is 7.01. The number of aromatic nitrogens is 2. The van der Waals surface area contributed by atoms with E-state index in [1.807, 2.05) is 6.92 Å². The van der Waals surface area contributed by atoms with E-state index >= 15 is 0 Å². The van der Waals surface area contributed by atoms with Crippen LogP contribution in [-0.4, -0.2) is 9.97 Å². The molecule has 3 N–H and O–H groups in total. The molecule has 0 bridgehead atoms. The first kappa shape index (κ1) is 11.1. The van der Waals surface area contributed by atoms with Crippen LogP contribution in [0.1, 0.15) is 17.9 Å². The largest absolute Gasteiger partial charge is 0.385 e. The molecular weight excluding hydrogens is 214 g/mol. The van der Waals surface area contributed by atoms with Crippen molar-refractivity contribution in [3.8, 4) is 0 Å². The molecule has 0 unspecified atom stereocenters. The van der Waals surface area contributed by atoms with Gasteiger partial charge in [-0.25, -0.2) is 4.98 Å². The minimum absolute atomic E-state index is 0. The maximum Gasteiger partial charge on any atom is 0.199 e. The van der Waals surface area contributed by atoms with Gasteiger partial charge in [0.2, 0.25) is 0 Å². The molecule has 0 radical (unpaired) electrons. The summed E-state index contributed by atoms with van der Waals surface area (Å²) in [7, 11) is 0. The van der Waals surface area contributed by atoms with E-state index in [1.165, 1.54) is 10.4 Å². The Morgan fingerprint density at radius 2 is 2.07 bits per heavy atom. The summed E-state index contributed by atoms with van der Waals surface area (Å²) in [5.74, 6) is 0.622. The van der Waals surface area contributed by atoms with Gasteiger partial charge in [0.05, 0.1) is 5.39 Å². The molecule has 0 spiro atoms. The van der Waals surface area contributed by atoms with Crippen molar-refractivity contribution in [3.63, 3.8) is 0 Å². The van der Waals surface area contributed by atoms with E-state index in [0.717, 1.165) is 10.2 Å². The summed E-state index contributed by atoms with van der Waals surface area (Å²) >= 11 is 6.57. The SMILES string of the molecule is C.Cc1sc2nc(=S)[nH]c(N)c2c1C. The zero-order valence-corrected chi connectivity index (χ0v) is 8.97. The lowest BCUT2D eigenvalue weighted by Gasteiger charge is -1.96. The molecule has 0 aliphatic carbocycles. The number of aromatic amines is 1. The third-order valence-corrected chi connectivity index (χ3v) is 3.38. The normalized spacial score (nSPS) is 10.1. The van der Waals surface area contributed by atoms with Crippen molar-refractivity contribution in [1.82, 2.24) is 9.97 Å². The predicted octanol–water partition coefficient (Wildman–Crippen LogP) is 3.19. The van der Waals surface area contributed by atoms with Crippen molar-refractivity contribution in [2.45, 2.75) is 21.3 Å². The molecule has 0 atom stereocenters. The topological polar surface area (TPSA) is 54.7 Å². The highest BCUT2D eigenvalue weighted by Crippen LogP contribution is 2.31. The van der Waals surface area contributed by atoms with Crippen molar-refractivity contribution in [3.05, 3.63) is 15.2 Å². The quantitative estimate of drug-likeness (QED) is 0.680. The van der Waals surface area contributed by atoms with Gasteiger partial charge < -0.3 is 10.7 Å². The number of hydrogen-bond donors (Lipinski definition) is 2.